The number of anilines is 2. The number of pyridine rings is 1. The topological polar surface area (TPSA) is 49.0 Å². The van der Waals surface area contributed by atoms with Gasteiger partial charge in [0, 0.05) is 13.6 Å². The number of aromatic nitrogens is 1. The van der Waals surface area contributed by atoms with Crippen molar-refractivity contribution in [3.8, 4) is 0 Å². The van der Waals surface area contributed by atoms with Crippen molar-refractivity contribution < 1.29 is 0 Å². The van der Waals surface area contributed by atoms with E-state index in [1.807, 2.05) is 13.1 Å². The Morgan fingerprint density at radius 2 is 2.38 bits per heavy atom. The Bertz CT molecular complexity index is 298. The number of fused-ring (bicyclic) bond motifs is 1. The molecule has 0 spiro atoms. The lowest BCUT2D eigenvalue weighted by molar-refractivity contribution is 0.816. The standard InChI is InChI=1S/C9H14N4/c1-10-13-8-5-4-7-3-2-6-11-9(7)12-8/h4-5,10H,2-3,6H2,1H3,(H2,11,12,13). The molecule has 1 aliphatic heterocycles. The smallest absolute Gasteiger partial charge is 0.142 e. The molecule has 0 saturated carbocycles. The van der Waals surface area contributed by atoms with Crippen LogP contribution >= 0.6 is 0 Å². The van der Waals surface area contributed by atoms with Crippen LogP contribution < -0.4 is 16.2 Å². The number of nitrogens with one attached hydrogen (secondary N) is 3. The number of hydrazine groups is 1. The molecule has 0 saturated heterocycles. The van der Waals surface area contributed by atoms with Crippen LogP contribution in [0.25, 0.3) is 0 Å². The monoisotopic (exact) mass is 178 g/mol. The second-order valence-electron chi connectivity index (χ2n) is 3.11. The van der Waals surface area contributed by atoms with Crippen molar-refractivity contribution in [1.82, 2.24) is 10.4 Å². The highest BCUT2D eigenvalue weighted by atomic mass is 15.4. The molecule has 0 unspecified atom stereocenters. The zero-order valence-corrected chi connectivity index (χ0v) is 7.72. The van der Waals surface area contributed by atoms with Crippen LogP contribution in [0.1, 0.15) is 12.0 Å². The van der Waals surface area contributed by atoms with E-state index in [0.717, 1.165) is 24.6 Å². The molecule has 70 valence electrons. The Morgan fingerprint density at radius 3 is 3.23 bits per heavy atom. The maximum absolute atomic E-state index is 4.42. The zero-order chi connectivity index (χ0) is 9.10. The van der Waals surface area contributed by atoms with Gasteiger partial charge in [0.1, 0.15) is 11.6 Å². The van der Waals surface area contributed by atoms with Gasteiger partial charge in [-0.2, -0.15) is 0 Å². The summed E-state index contributed by atoms with van der Waals surface area (Å²) in [5, 5.41) is 3.28. The summed E-state index contributed by atoms with van der Waals surface area (Å²) in [6, 6.07) is 4.11. The first kappa shape index (κ1) is 8.31. The quantitative estimate of drug-likeness (QED) is 0.591. The summed E-state index contributed by atoms with van der Waals surface area (Å²) in [4.78, 5) is 4.42. The van der Waals surface area contributed by atoms with Crippen LogP contribution in [0.5, 0.6) is 0 Å². The lowest BCUT2D eigenvalue weighted by Gasteiger charge is -2.17. The highest BCUT2D eigenvalue weighted by Gasteiger charge is 2.09. The van der Waals surface area contributed by atoms with E-state index < -0.39 is 0 Å². The van der Waals surface area contributed by atoms with E-state index in [9.17, 15) is 0 Å². The van der Waals surface area contributed by atoms with Gasteiger partial charge in [0.05, 0.1) is 0 Å². The van der Waals surface area contributed by atoms with Crippen molar-refractivity contribution in [3.63, 3.8) is 0 Å². The Kier molecular flexibility index (Phi) is 2.31. The molecule has 0 aromatic carbocycles. The van der Waals surface area contributed by atoms with Crippen LogP contribution in [0.4, 0.5) is 11.6 Å². The first-order chi connectivity index (χ1) is 6.40. The number of aryl methyl sites for hydroxylation is 1. The van der Waals surface area contributed by atoms with E-state index in [1.165, 1.54) is 12.0 Å². The minimum Gasteiger partial charge on any atom is -0.370 e. The van der Waals surface area contributed by atoms with Gasteiger partial charge in [-0.05, 0) is 24.5 Å². The van der Waals surface area contributed by atoms with Crippen LogP contribution in [0, 0.1) is 0 Å². The summed E-state index contributed by atoms with van der Waals surface area (Å²) in [6.45, 7) is 1.03. The van der Waals surface area contributed by atoms with Crippen LogP contribution in [0.15, 0.2) is 12.1 Å². The molecule has 13 heavy (non-hydrogen) atoms. The van der Waals surface area contributed by atoms with Crippen LogP contribution in [0.2, 0.25) is 0 Å². The van der Waals surface area contributed by atoms with E-state index >= 15 is 0 Å². The van der Waals surface area contributed by atoms with E-state index in [4.69, 9.17) is 0 Å². The molecule has 0 radical (unpaired) electrons. The molecule has 0 atom stereocenters. The summed E-state index contributed by atoms with van der Waals surface area (Å²) < 4.78 is 0. The molecular weight excluding hydrogens is 164 g/mol. The number of rotatable bonds is 2. The molecule has 3 N–H and O–H groups in total. The summed E-state index contributed by atoms with van der Waals surface area (Å²) >= 11 is 0. The molecule has 2 heterocycles. The number of hydrogen-bond donors (Lipinski definition) is 3. The molecule has 1 aromatic rings. The fourth-order valence-electron chi connectivity index (χ4n) is 1.53. The van der Waals surface area contributed by atoms with Crippen molar-refractivity contribution in [2.45, 2.75) is 12.8 Å². The van der Waals surface area contributed by atoms with Crippen molar-refractivity contribution in [1.29, 1.82) is 0 Å². The Hall–Kier alpha value is -1.29. The van der Waals surface area contributed by atoms with Crippen molar-refractivity contribution in [2.24, 2.45) is 0 Å². The van der Waals surface area contributed by atoms with Gasteiger partial charge in [0.25, 0.3) is 0 Å². The van der Waals surface area contributed by atoms with Crippen molar-refractivity contribution >= 4 is 11.6 Å². The highest BCUT2D eigenvalue weighted by Crippen LogP contribution is 2.20. The summed E-state index contributed by atoms with van der Waals surface area (Å²) in [5.41, 5.74) is 7.12. The van der Waals surface area contributed by atoms with E-state index in [2.05, 4.69) is 27.2 Å². The van der Waals surface area contributed by atoms with Crippen molar-refractivity contribution in [3.05, 3.63) is 17.7 Å². The van der Waals surface area contributed by atoms with E-state index in [0.29, 0.717) is 0 Å². The molecule has 2 rings (SSSR count). The van der Waals surface area contributed by atoms with Gasteiger partial charge in [-0.3, -0.25) is 0 Å². The largest absolute Gasteiger partial charge is 0.370 e. The van der Waals surface area contributed by atoms with E-state index in [1.54, 1.807) is 0 Å². The van der Waals surface area contributed by atoms with Gasteiger partial charge < -0.3 is 10.7 Å². The van der Waals surface area contributed by atoms with Crippen molar-refractivity contribution in [2.75, 3.05) is 24.3 Å². The summed E-state index contributed by atoms with van der Waals surface area (Å²) in [7, 11) is 1.83. The predicted molar refractivity (Wildman–Crippen MR) is 53.7 cm³/mol. The second-order valence-corrected chi connectivity index (χ2v) is 3.11. The Morgan fingerprint density at radius 1 is 1.46 bits per heavy atom. The lowest BCUT2D eigenvalue weighted by atomic mass is 10.1. The number of hydrogen-bond acceptors (Lipinski definition) is 4. The average Bonchev–Trinajstić information content (AvgIpc) is 2.18. The third-order valence-corrected chi connectivity index (χ3v) is 2.15. The lowest BCUT2D eigenvalue weighted by Crippen LogP contribution is -2.18. The molecule has 4 heteroatoms. The third-order valence-electron chi connectivity index (χ3n) is 2.15. The van der Waals surface area contributed by atoms with Crippen LogP contribution in [-0.4, -0.2) is 18.6 Å². The predicted octanol–water partition coefficient (Wildman–Crippen LogP) is 0.986. The van der Waals surface area contributed by atoms with Crippen LogP contribution in [-0.2, 0) is 6.42 Å². The van der Waals surface area contributed by atoms with Crippen LogP contribution in [0.3, 0.4) is 0 Å². The van der Waals surface area contributed by atoms with Gasteiger partial charge in [0.15, 0.2) is 0 Å². The Labute approximate surface area is 77.7 Å². The summed E-state index contributed by atoms with van der Waals surface area (Å²) in [5.74, 6) is 1.88. The fourth-order valence-corrected chi connectivity index (χ4v) is 1.53. The maximum Gasteiger partial charge on any atom is 0.142 e. The zero-order valence-electron chi connectivity index (χ0n) is 7.72. The molecular formula is C9H14N4. The van der Waals surface area contributed by atoms with Gasteiger partial charge >= 0.3 is 0 Å². The molecule has 1 aromatic heterocycles. The van der Waals surface area contributed by atoms with Gasteiger partial charge in [0.2, 0.25) is 0 Å². The van der Waals surface area contributed by atoms with Gasteiger partial charge in [-0.25, -0.2) is 10.4 Å². The minimum absolute atomic E-state index is 0.857. The molecule has 0 bridgehead atoms. The molecule has 0 fully saturated rings. The first-order valence-electron chi connectivity index (χ1n) is 4.57. The second kappa shape index (κ2) is 3.62. The normalized spacial score (nSPS) is 14.5. The number of nitrogens with zero attached hydrogens (tertiary/aromatic N) is 1. The fraction of sp³-hybridized carbons (Fsp3) is 0.444. The molecule has 4 nitrogen and oxygen atoms in total. The highest BCUT2D eigenvalue weighted by molar-refractivity contribution is 5.52. The SMILES string of the molecule is CNNc1ccc2c(n1)NCCC2. The maximum atomic E-state index is 4.42. The molecule has 1 aliphatic rings. The molecule has 0 amide bonds. The van der Waals surface area contributed by atoms with Gasteiger partial charge in [-0.15, -0.1) is 0 Å². The molecule has 0 aliphatic carbocycles. The Balaban J connectivity index is 2.24. The minimum atomic E-state index is 0.857. The summed E-state index contributed by atoms with van der Waals surface area (Å²) in [6.07, 6.45) is 2.34. The van der Waals surface area contributed by atoms with E-state index in [-0.39, 0.29) is 0 Å². The third kappa shape index (κ3) is 1.72. The average molecular weight is 178 g/mol. The first-order valence-corrected chi connectivity index (χ1v) is 4.57. The van der Waals surface area contributed by atoms with Gasteiger partial charge in [-0.1, -0.05) is 6.07 Å².